The van der Waals surface area contributed by atoms with Crippen molar-refractivity contribution in [1.82, 2.24) is 19.7 Å². The number of nitrogens with one attached hydrogen (secondary N) is 1. The molecule has 0 spiro atoms. The highest BCUT2D eigenvalue weighted by Gasteiger charge is 2.24. The van der Waals surface area contributed by atoms with Crippen LogP contribution in [0.2, 0.25) is 5.02 Å². The van der Waals surface area contributed by atoms with Gasteiger partial charge in [0.05, 0.1) is 17.8 Å². The van der Waals surface area contributed by atoms with Crippen LogP contribution in [0.15, 0.2) is 73.3 Å². The molecule has 7 heteroatoms. The lowest BCUT2D eigenvalue weighted by molar-refractivity contribution is -0.121. The standard InChI is InChI=1S/C23H21ClN4O2/c1-30-21-5-3-2-4-18(21)19(12-23(29)27-13-16-8-10-25-11-9-16)20-14-26-22-7-6-17(24)15-28(20)22/h2-11,14-15,19H,12-13H2,1H3,(H,27,29). The summed E-state index contributed by atoms with van der Waals surface area (Å²) in [6.45, 7) is 0.443. The Hall–Kier alpha value is -3.38. The normalized spacial score (nSPS) is 11.9. The first-order chi connectivity index (χ1) is 14.7. The van der Waals surface area contributed by atoms with E-state index in [2.05, 4.69) is 15.3 Å². The van der Waals surface area contributed by atoms with Crippen molar-refractivity contribution in [2.45, 2.75) is 18.9 Å². The fraction of sp³-hybridized carbons (Fsp3) is 0.174. The molecular formula is C23H21ClN4O2. The van der Waals surface area contributed by atoms with Gasteiger partial charge in [-0.1, -0.05) is 29.8 Å². The molecule has 0 radical (unpaired) electrons. The first-order valence-electron chi connectivity index (χ1n) is 9.56. The number of pyridine rings is 2. The molecular weight excluding hydrogens is 400 g/mol. The van der Waals surface area contributed by atoms with E-state index in [0.717, 1.165) is 28.2 Å². The van der Waals surface area contributed by atoms with Gasteiger partial charge in [0.25, 0.3) is 0 Å². The van der Waals surface area contributed by atoms with Crippen LogP contribution in [-0.4, -0.2) is 27.4 Å². The highest BCUT2D eigenvalue weighted by atomic mass is 35.5. The lowest BCUT2D eigenvalue weighted by Gasteiger charge is -2.20. The molecule has 1 amide bonds. The smallest absolute Gasteiger partial charge is 0.221 e. The number of carbonyl (C=O) groups excluding carboxylic acids is 1. The van der Waals surface area contributed by atoms with Gasteiger partial charge >= 0.3 is 0 Å². The lowest BCUT2D eigenvalue weighted by Crippen LogP contribution is -2.25. The van der Waals surface area contributed by atoms with Crippen molar-refractivity contribution in [2.24, 2.45) is 0 Å². The Morgan fingerprint density at radius 2 is 1.97 bits per heavy atom. The molecule has 1 N–H and O–H groups in total. The average molecular weight is 421 g/mol. The van der Waals surface area contributed by atoms with Crippen LogP contribution in [0.25, 0.3) is 5.65 Å². The van der Waals surface area contributed by atoms with Crippen molar-refractivity contribution in [3.8, 4) is 5.75 Å². The minimum atomic E-state index is -0.257. The quantitative estimate of drug-likeness (QED) is 0.485. The Labute approximate surface area is 179 Å². The summed E-state index contributed by atoms with van der Waals surface area (Å²) >= 11 is 6.22. The molecule has 4 aromatic rings. The summed E-state index contributed by atoms with van der Waals surface area (Å²) in [7, 11) is 1.63. The lowest BCUT2D eigenvalue weighted by atomic mass is 9.91. The van der Waals surface area contributed by atoms with Gasteiger partial charge < -0.3 is 14.5 Å². The van der Waals surface area contributed by atoms with Crippen LogP contribution in [0, 0.1) is 0 Å². The van der Waals surface area contributed by atoms with Crippen LogP contribution in [0.1, 0.15) is 29.2 Å². The van der Waals surface area contributed by atoms with Gasteiger partial charge in [0.15, 0.2) is 0 Å². The molecule has 4 rings (SSSR count). The summed E-state index contributed by atoms with van der Waals surface area (Å²) in [5.41, 5.74) is 3.55. The second-order valence-electron chi connectivity index (χ2n) is 6.89. The zero-order chi connectivity index (χ0) is 20.9. The number of benzene rings is 1. The van der Waals surface area contributed by atoms with Crippen molar-refractivity contribution in [2.75, 3.05) is 7.11 Å². The van der Waals surface area contributed by atoms with Crippen LogP contribution in [0.4, 0.5) is 0 Å². The number of halogens is 1. The number of ether oxygens (including phenoxy) is 1. The van der Waals surface area contributed by atoms with Crippen molar-refractivity contribution in [1.29, 1.82) is 0 Å². The van der Waals surface area contributed by atoms with Gasteiger partial charge in [-0.3, -0.25) is 9.78 Å². The minimum Gasteiger partial charge on any atom is -0.496 e. The number of nitrogens with zero attached hydrogens (tertiary/aromatic N) is 3. The highest BCUT2D eigenvalue weighted by molar-refractivity contribution is 6.30. The largest absolute Gasteiger partial charge is 0.496 e. The van der Waals surface area contributed by atoms with E-state index in [4.69, 9.17) is 16.3 Å². The monoisotopic (exact) mass is 420 g/mol. The van der Waals surface area contributed by atoms with Gasteiger partial charge in [-0.05, 0) is 35.9 Å². The van der Waals surface area contributed by atoms with Gasteiger partial charge in [0.1, 0.15) is 11.4 Å². The van der Waals surface area contributed by atoms with Gasteiger partial charge in [-0.15, -0.1) is 0 Å². The third kappa shape index (κ3) is 4.28. The molecule has 1 unspecified atom stereocenters. The first-order valence-corrected chi connectivity index (χ1v) is 9.94. The predicted molar refractivity (Wildman–Crippen MR) is 116 cm³/mol. The van der Waals surface area contributed by atoms with Gasteiger partial charge in [-0.25, -0.2) is 4.98 Å². The van der Waals surface area contributed by atoms with E-state index in [0.29, 0.717) is 11.6 Å². The maximum Gasteiger partial charge on any atom is 0.221 e. The van der Waals surface area contributed by atoms with E-state index in [1.54, 1.807) is 31.8 Å². The maximum absolute atomic E-state index is 12.9. The van der Waals surface area contributed by atoms with Gasteiger partial charge in [-0.2, -0.15) is 0 Å². The number of para-hydroxylation sites is 1. The van der Waals surface area contributed by atoms with E-state index in [-0.39, 0.29) is 18.2 Å². The van der Waals surface area contributed by atoms with E-state index < -0.39 is 0 Å². The fourth-order valence-corrected chi connectivity index (χ4v) is 3.68. The number of imidazole rings is 1. The molecule has 0 saturated heterocycles. The number of aromatic nitrogens is 3. The molecule has 1 aromatic carbocycles. The molecule has 0 aliphatic heterocycles. The molecule has 3 heterocycles. The topological polar surface area (TPSA) is 68.5 Å². The van der Waals surface area contributed by atoms with E-state index in [1.165, 1.54) is 0 Å². The van der Waals surface area contributed by atoms with Crippen molar-refractivity contribution >= 4 is 23.2 Å². The van der Waals surface area contributed by atoms with E-state index in [9.17, 15) is 4.79 Å². The number of rotatable bonds is 7. The van der Waals surface area contributed by atoms with Crippen LogP contribution < -0.4 is 10.1 Å². The molecule has 1 atom stereocenters. The highest BCUT2D eigenvalue weighted by Crippen LogP contribution is 2.35. The van der Waals surface area contributed by atoms with Crippen molar-refractivity contribution in [3.63, 3.8) is 0 Å². The number of hydrogen-bond acceptors (Lipinski definition) is 4. The minimum absolute atomic E-state index is 0.0697. The van der Waals surface area contributed by atoms with Gasteiger partial charge in [0, 0.05) is 49.2 Å². The zero-order valence-electron chi connectivity index (χ0n) is 16.5. The molecule has 3 aromatic heterocycles. The fourth-order valence-electron chi connectivity index (χ4n) is 3.52. The Bertz CT molecular complexity index is 1160. The van der Waals surface area contributed by atoms with Crippen molar-refractivity contribution in [3.05, 3.63) is 95.2 Å². The Morgan fingerprint density at radius 3 is 2.77 bits per heavy atom. The average Bonchev–Trinajstić information content (AvgIpc) is 3.19. The summed E-state index contributed by atoms with van der Waals surface area (Å²) in [6, 6.07) is 15.1. The summed E-state index contributed by atoms with van der Waals surface area (Å²) in [6.07, 6.45) is 7.27. The number of carbonyl (C=O) groups is 1. The van der Waals surface area contributed by atoms with E-state index in [1.807, 2.05) is 53.1 Å². The van der Waals surface area contributed by atoms with E-state index >= 15 is 0 Å². The summed E-state index contributed by atoms with van der Waals surface area (Å²) in [5.74, 6) is 0.396. The first kappa shape index (κ1) is 19.9. The molecule has 6 nitrogen and oxygen atoms in total. The summed E-state index contributed by atoms with van der Waals surface area (Å²) in [4.78, 5) is 21.4. The predicted octanol–water partition coefficient (Wildman–Crippen LogP) is 4.23. The second kappa shape index (κ2) is 8.97. The summed E-state index contributed by atoms with van der Waals surface area (Å²) in [5, 5.41) is 3.59. The molecule has 152 valence electrons. The molecule has 0 bridgehead atoms. The Morgan fingerprint density at radius 1 is 1.17 bits per heavy atom. The number of hydrogen-bond donors (Lipinski definition) is 1. The molecule has 30 heavy (non-hydrogen) atoms. The zero-order valence-corrected chi connectivity index (χ0v) is 17.2. The third-order valence-electron chi connectivity index (χ3n) is 5.00. The third-order valence-corrected chi connectivity index (χ3v) is 5.22. The Kier molecular flexibility index (Phi) is 5.95. The van der Waals surface area contributed by atoms with Crippen LogP contribution in [0.3, 0.4) is 0 Å². The number of fused-ring (bicyclic) bond motifs is 1. The number of methoxy groups -OCH3 is 1. The molecule has 0 aliphatic carbocycles. The number of amides is 1. The second-order valence-corrected chi connectivity index (χ2v) is 7.33. The maximum atomic E-state index is 12.9. The van der Waals surface area contributed by atoms with Crippen molar-refractivity contribution < 1.29 is 9.53 Å². The van der Waals surface area contributed by atoms with Crippen LogP contribution in [-0.2, 0) is 11.3 Å². The summed E-state index contributed by atoms with van der Waals surface area (Å²) < 4.78 is 7.50. The van der Waals surface area contributed by atoms with Crippen LogP contribution >= 0.6 is 11.6 Å². The Balaban J connectivity index is 1.67. The molecule has 0 aliphatic rings. The van der Waals surface area contributed by atoms with Gasteiger partial charge in [0.2, 0.25) is 5.91 Å². The molecule has 0 fully saturated rings. The SMILES string of the molecule is COc1ccccc1C(CC(=O)NCc1ccncc1)c1cnc2ccc(Cl)cn12. The molecule has 0 saturated carbocycles. The van der Waals surface area contributed by atoms with Crippen LogP contribution in [0.5, 0.6) is 5.75 Å².